The summed E-state index contributed by atoms with van der Waals surface area (Å²) >= 11 is 0. The molecule has 128 valence electrons. The van der Waals surface area contributed by atoms with Crippen molar-refractivity contribution in [2.75, 3.05) is 18.5 Å². The summed E-state index contributed by atoms with van der Waals surface area (Å²) in [6.45, 7) is 2.30. The zero-order valence-corrected chi connectivity index (χ0v) is 14.1. The van der Waals surface area contributed by atoms with Gasteiger partial charge in [-0.2, -0.15) is 5.10 Å². The van der Waals surface area contributed by atoms with E-state index in [-0.39, 0.29) is 18.3 Å². The van der Waals surface area contributed by atoms with Gasteiger partial charge in [0.05, 0.1) is 12.3 Å². The monoisotopic (exact) mass is 348 g/mol. The van der Waals surface area contributed by atoms with Gasteiger partial charge in [0.1, 0.15) is 5.75 Å². The molecule has 7 heteroatoms. The lowest BCUT2D eigenvalue weighted by Gasteiger charge is -2.14. The molecule has 0 spiro atoms. The first kappa shape index (κ1) is 16.8. The number of aromatic amines is 1. The zero-order chi connectivity index (χ0) is 15.6. The van der Waals surface area contributed by atoms with Gasteiger partial charge in [-0.05, 0) is 30.9 Å². The van der Waals surface area contributed by atoms with Gasteiger partial charge in [0, 0.05) is 30.8 Å². The Morgan fingerprint density at radius 1 is 1.33 bits per heavy atom. The van der Waals surface area contributed by atoms with Gasteiger partial charge < -0.3 is 15.4 Å². The number of amides is 1. The molecule has 2 heterocycles. The summed E-state index contributed by atoms with van der Waals surface area (Å²) in [5, 5.41) is 13.4. The topological polar surface area (TPSA) is 79.0 Å². The number of nitrogens with zero attached hydrogens (tertiary/aromatic N) is 1. The van der Waals surface area contributed by atoms with Crippen molar-refractivity contribution in [1.82, 2.24) is 15.5 Å². The third-order valence-corrected chi connectivity index (χ3v) is 4.33. The molecule has 6 nitrogen and oxygen atoms in total. The highest BCUT2D eigenvalue weighted by atomic mass is 35.5. The standard InChI is InChI=1S/C17H20N4O2.ClH/c22-17(16-12-9-18-8-7-13(12)20-21-16)19-14-3-1-2-4-15(14)23-10-11-5-6-11;/h1-4,11,18H,5-10H2,(H,19,22)(H,20,21);1H. The van der Waals surface area contributed by atoms with Gasteiger partial charge in [-0.3, -0.25) is 9.89 Å². The van der Waals surface area contributed by atoms with Crippen LogP contribution < -0.4 is 15.4 Å². The summed E-state index contributed by atoms with van der Waals surface area (Å²) in [5.41, 5.74) is 3.17. The van der Waals surface area contributed by atoms with E-state index in [0.29, 0.717) is 30.5 Å². The van der Waals surface area contributed by atoms with E-state index in [1.807, 2.05) is 24.3 Å². The van der Waals surface area contributed by atoms with Crippen molar-refractivity contribution in [2.45, 2.75) is 25.8 Å². The van der Waals surface area contributed by atoms with Crippen LogP contribution in [0.1, 0.15) is 34.6 Å². The summed E-state index contributed by atoms with van der Waals surface area (Å²) in [6, 6.07) is 7.55. The molecule has 0 unspecified atom stereocenters. The van der Waals surface area contributed by atoms with E-state index >= 15 is 0 Å². The van der Waals surface area contributed by atoms with E-state index in [0.717, 1.165) is 30.0 Å². The van der Waals surface area contributed by atoms with Crippen LogP contribution in [0, 0.1) is 5.92 Å². The molecule has 4 rings (SSSR count). The number of para-hydroxylation sites is 2. The average Bonchev–Trinajstić information content (AvgIpc) is 3.31. The Labute approximate surface area is 146 Å². The lowest BCUT2D eigenvalue weighted by atomic mass is 10.1. The molecule has 1 aliphatic heterocycles. The third kappa shape index (κ3) is 3.55. The van der Waals surface area contributed by atoms with Crippen LogP contribution in [0.25, 0.3) is 0 Å². The maximum atomic E-state index is 12.6. The van der Waals surface area contributed by atoms with E-state index in [9.17, 15) is 4.79 Å². The highest BCUT2D eigenvalue weighted by Gasteiger charge is 2.24. The molecule has 1 aromatic heterocycles. The van der Waals surface area contributed by atoms with Crippen molar-refractivity contribution in [1.29, 1.82) is 0 Å². The minimum Gasteiger partial charge on any atom is -0.491 e. The first-order valence-electron chi connectivity index (χ1n) is 8.11. The second kappa shape index (κ2) is 7.23. The molecule has 0 saturated heterocycles. The fraction of sp³-hybridized carbons (Fsp3) is 0.412. The highest BCUT2D eigenvalue weighted by molar-refractivity contribution is 6.04. The van der Waals surface area contributed by atoms with Crippen LogP contribution in [-0.4, -0.2) is 29.3 Å². The Balaban J connectivity index is 0.00000169. The maximum Gasteiger partial charge on any atom is 0.276 e. The minimum atomic E-state index is -0.200. The number of halogens is 1. The van der Waals surface area contributed by atoms with Crippen molar-refractivity contribution in [3.63, 3.8) is 0 Å². The van der Waals surface area contributed by atoms with Gasteiger partial charge in [0.25, 0.3) is 5.91 Å². The van der Waals surface area contributed by atoms with Gasteiger partial charge in [0.2, 0.25) is 0 Å². The van der Waals surface area contributed by atoms with Crippen LogP contribution in [-0.2, 0) is 13.0 Å². The summed E-state index contributed by atoms with van der Waals surface area (Å²) in [4.78, 5) is 12.6. The Morgan fingerprint density at radius 2 is 2.17 bits per heavy atom. The fourth-order valence-corrected chi connectivity index (χ4v) is 2.78. The highest BCUT2D eigenvalue weighted by Crippen LogP contribution is 2.32. The lowest BCUT2D eigenvalue weighted by molar-refractivity contribution is 0.102. The molecule has 3 N–H and O–H groups in total. The smallest absolute Gasteiger partial charge is 0.276 e. The van der Waals surface area contributed by atoms with E-state index < -0.39 is 0 Å². The second-order valence-corrected chi connectivity index (χ2v) is 6.16. The van der Waals surface area contributed by atoms with Crippen LogP contribution in [0.5, 0.6) is 5.75 Å². The largest absolute Gasteiger partial charge is 0.491 e. The number of hydrogen-bond acceptors (Lipinski definition) is 4. The number of aromatic nitrogens is 2. The zero-order valence-electron chi connectivity index (χ0n) is 13.3. The number of anilines is 1. The predicted molar refractivity (Wildman–Crippen MR) is 93.9 cm³/mol. The number of nitrogens with one attached hydrogen (secondary N) is 3. The number of rotatable bonds is 5. The van der Waals surface area contributed by atoms with Gasteiger partial charge in [-0.15, -0.1) is 12.4 Å². The van der Waals surface area contributed by atoms with Gasteiger partial charge >= 0.3 is 0 Å². The summed E-state index contributed by atoms with van der Waals surface area (Å²) in [5.74, 6) is 1.19. The molecule has 1 aromatic carbocycles. The molecular weight excluding hydrogens is 328 g/mol. The SMILES string of the molecule is Cl.O=C(Nc1ccccc1OCC1CC1)c1n[nH]c2c1CNCC2. The number of carbonyl (C=O) groups is 1. The molecule has 24 heavy (non-hydrogen) atoms. The number of carbonyl (C=O) groups excluding carboxylic acids is 1. The van der Waals surface area contributed by atoms with E-state index in [1.165, 1.54) is 12.8 Å². The van der Waals surface area contributed by atoms with Crippen LogP contribution >= 0.6 is 12.4 Å². The first-order valence-corrected chi connectivity index (χ1v) is 8.11. The molecule has 1 saturated carbocycles. The summed E-state index contributed by atoms with van der Waals surface area (Å²) in [7, 11) is 0. The molecule has 1 amide bonds. The number of H-pyrrole nitrogens is 1. The van der Waals surface area contributed by atoms with Gasteiger partial charge in [-0.25, -0.2) is 0 Å². The van der Waals surface area contributed by atoms with E-state index in [4.69, 9.17) is 4.74 Å². The van der Waals surface area contributed by atoms with Crippen LogP contribution in [0.3, 0.4) is 0 Å². The fourth-order valence-electron chi connectivity index (χ4n) is 2.78. The van der Waals surface area contributed by atoms with Crippen molar-refractivity contribution in [3.05, 3.63) is 41.2 Å². The number of ether oxygens (including phenoxy) is 1. The van der Waals surface area contributed by atoms with Crippen LogP contribution in [0.15, 0.2) is 24.3 Å². The Hall–Kier alpha value is -2.05. The molecule has 0 radical (unpaired) electrons. The van der Waals surface area contributed by atoms with Crippen molar-refractivity contribution < 1.29 is 9.53 Å². The Morgan fingerprint density at radius 3 is 3.00 bits per heavy atom. The van der Waals surface area contributed by atoms with E-state index in [1.54, 1.807) is 0 Å². The molecular formula is C17H21ClN4O2. The molecule has 2 aromatic rings. The van der Waals surface area contributed by atoms with Crippen LogP contribution in [0.4, 0.5) is 5.69 Å². The quantitative estimate of drug-likeness (QED) is 0.775. The van der Waals surface area contributed by atoms with Crippen molar-refractivity contribution >= 4 is 24.0 Å². The maximum absolute atomic E-state index is 12.6. The Kier molecular flexibility index (Phi) is 5.06. The van der Waals surface area contributed by atoms with Crippen molar-refractivity contribution in [2.24, 2.45) is 5.92 Å². The van der Waals surface area contributed by atoms with Crippen LogP contribution in [0.2, 0.25) is 0 Å². The Bertz CT molecular complexity index is 727. The number of hydrogen-bond donors (Lipinski definition) is 3. The van der Waals surface area contributed by atoms with Gasteiger partial charge in [-0.1, -0.05) is 12.1 Å². The summed E-state index contributed by atoms with van der Waals surface area (Å²) in [6.07, 6.45) is 3.35. The normalized spacial score (nSPS) is 16.0. The summed E-state index contributed by atoms with van der Waals surface area (Å²) < 4.78 is 5.84. The molecule has 2 aliphatic rings. The molecule has 1 fully saturated rings. The lowest BCUT2D eigenvalue weighted by Crippen LogP contribution is -2.25. The number of fused-ring (bicyclic) bond motifs is 1. The molecule has 0 bridgehead atoms. The number of benzene rings is 1. The average molecular weight is 349 g/mol. The van der Waals surface area contributed by atoms with Gasteiger partial charge in [0.15, 0.2) is 5.69 Å². The molecule has 0 atom stereocenters. The van der Waals surface area contributed by atoms with Crippen molar-refractivity contribution in [3.8, 4) is 5.75 Å². The minimum absolute atomic E-state index is 0. The molecule has 1 aliphatic carbocycles. The van der Waals surface area contributed by atoms with E-state index in [2.05, 4.69) is 20.8 Å². The second-order valence-electron chi connectivity index (χ2n) is 6.16. The predicted octanol–water partition coefficient (Wildman–Crippen LogP) is 2.52. The third-order valence-electron chi connectivity index (χ3n) is 4.33. The first-order chi connectivity index (χ1) is 11.3.